The molecule has 0 aliphatic heterocycles. The van der Waals surface area contributed by atoms with Gasteiger partial charge in [-0.05, 0) is 49.4 Å². The van der Waals surface area contributed by atoms with E-state index in [0.29, 0.717) is 22.9 Å². The van der Waals surface area contributed by atoms with Crippen LogP contribution < -0.4 is 20.9 Å². The van der Waals surface area contributed by atoms with Crippen molar-refractivity contribution < 1.29 is 19.1 Å². The van der Waals surface area contributed by atoms with Crippen LogP contribution in [0.15, 0.2) is 42.5 Å². The van der Waals surface area contributed by atoms with Gasteiger partial charge in [0.15, 0.2) is 0 Å². The lowest BCUT2D eigenvalue weighted by Gasteiger charge is -2.09. The van der Waals surface area contributed by atoms with Gasteiger partial charge >= 0.3 is 0 Å². The molecule has 0 heterocycles. The molecule has 2 aromatic carbocycles. The Bertz CT molecular complexity index is 841. The summed E-state index contributed by atoms with van der Waals surface area (Å²) in [4.78, 5) is 35.7. The molecule has 0 aromatic heterocycles. The highest BCUT2D eigenvalue weighted by Gasteiger charge is 2.11. The molecule has 27 heavy (non-hydrogen) atoms. The van der Waals surface area contributed by atoms with E-state index in [0.717, 1.165) is 0 Å². The lowest BCUT2D eigenvalue weighted by atomic mass is 10.2. The third kappa shape index (κ3) is 6.16. The molecule has 0 atom stereocenters. The number of hydrazine groups is 1. The fraction of sp³-hybridized carbons (Fsp3) is 0.167. The van der Waals surface area contributed by atoms with E-state index in [1.54, 1.807) is 24.3 Å². The van der Waals surface area contributed by atoms with Gasteiger partial charge in [0.05, 0.1) is 23.2 Å². The van der Waals surface area contributed by atoms with Crippen LogP contribution in [-0.4, -0.2) is 30.9 Å². The van der Waals surface area contributed by atoms with Crippen molar-refractivity contribution >= 4 is 40.9 Å². The second-order valence-electron chi connectivity index (χ2n) is 5.27. The molecule has 2 rings (SSSR count). The van der Waals surface area contributed by atoms with E-state index in [2.05, 4.69) is 16.2 Å². The predicted octanol–water partition coefficient (Wildman–Crippen LogP) is 2.58. The van der Waals surface area contributed by atoms with Crippen LogP contribution in [0.1, 0.15) is 27.6 Å². The maximum absolute atomic E-state index is 12.0. The number of halogens is 2. The molecule has 0 bridgehead atoms. The Kier molecular flexibility index (Phi) is 7.45. The molecule has 0 aliphatic rings. The Balaban J connectivity index is 1.79. The van der Waals surface area contributed by atoms with Gasteiger partial charge in [0.1, 0.15) is 5.75 Å². The summed E-state index contributed by atoms with van der Waals surface area (Å²) in [5, 5.41) is 2.96. The minimum absolute atomic E-state index is 0.233. The fourth-order valence-electron chi connectivity index (χ4n) is 2.01. The van der Waals surface area contributed by atoms with E-state index < -0.39 is 17.7 Å². The van der Waals surface area contributed by atoms with Crippen molar-refractivity contribution in [2.24, 2.45) is 0 Å². The molecule has 0 saturated heterocycles. The van der Waals surface area contributed by atoms with Gasteiger partial charge < -0.3 is 10.1 Å². The van der Waals surface area contributed by atoms with E-state index in [9.17, 15) is 14.4 Å². The van der Waals surface area contributed by atoms with Crippen LogP contribution in [0.2, 0.25) is 10.0 Å². The first kappa shape index (κ1) is 20.5. The Hall–Kier alpha value is -2.77. The molecule has 0 saturated carbocycles. The number of ether oxygens (including phenoxy) is 1. The topological polar surface area (TPSA) is 96.5 Å². The highest BCUT2D eigenvalue weighted by molar-refractivity contribution is 6.42. The molecule has 0 spiro atoms. The lowest BCUT2D eigenvalue weighted by molar-refractivity contribution is -0.120. The predicted molar refractivity (Wildman–Crippen MR) is 102 cm³/mol. The summed E-state index contributed by atoms with van der Waals surface area (Å²) in [6, 6.07) is 10.8. The van der Waals surface area contributed by atoms with Gasteiger partial charge in [0.25, 0.3) is 17.7 Å². The van der Waals surface area contributed by atoms with Gasteiger partial charge in [-0.1, -0.05) is 23.2 Å². The summed E-state index contributed by atoms with van der Waals surface area (Å²) < 4.78 is 5.29. The van der Waals surface area contributed by atoms with Crippen molar-refractivity contribution in [3.05, 3.63) is 63.6 Å². The number of hydrogen-bond donors (Lipinski definition) is 3. The molecular formula is C18H17Cl2N3O4. The number of amides is 3. The number of benzene rings is 2. The van der Waals surface area contributed by atoms with Gasteiger partial charge in [-0.2, -0.15) is 0 Å². The molecule has 0 fully saturated rings. The zero-order valence-electron chi connectivity index (χ0n) is 14.3. The van der Waals surface area contributed by atoms with Crippen molar-refractivity contribution in [2.75, 3.05) is 13.2 Å². The van der Waals surface area contributed by atoms with Crippen LogP contribution >= 0.6 is 23.2 Å². The van der Waals surface area contributed by atoms with E-state index in [1.165, 1.54) is 18.2 Å². The van der Waals surface area contributed by atoms with E-state index in [-0.39, 0.29) is 17.1 Å². The third-order valence-corrected chi connectivity index (χ3v) is 4.07. The maximum atomic E-state index is 12.0. The highest BCUT2D eigenvalue weighted by atomic mass is 35.5. The van der Waals surface area contributed by atoms with Gasteiger partial charge in [-0.25, -0.2) is 0 Å². The number of nitrogens with one attached hydrogen (secondary N) is 3. The molecular weight excluding hydrogens is 393 g/mol. The normalized spacial score (nSPS) is 10.0. The average molecular weight is 410 g/mol. The second kappa shape index (κ2) is 9.80. The molecule has 3 N–H and O–H groups in total. The SMILES string of the molecule is CCOc1ccc(C(=O)NNC(=O)CNC(=O)c2ccc(Cl)c(Cl)c2)cc1. The molecule has 0 unspecified atom stereocenters. The van der Waals surface area contributed by atoms with E-state index in [1.807, 2.05) is 6.92 Å². The average Bonchev–Trinajstić information content (AvgIpc) is 2.67. The van der Waals surface area contributed by atoms with Crippen molar-refractivity contribution in [3.8, 4) is 5.75 Å². The van der Waals surface area contributed by atoms with Crippen molar-refractivity contribution in [1.82, 2.24) is 16.2 Å². The zero-order valence-corrected chi connectivity index (χ0v) is 15.9. The van der Waals surface area contributed by atoms with E-state index in [4.69, 9.17) is 27.9 Å². The Morgan fingerprint density at radius 3 is 2.19 bits per heavy atom. The quantitative estimate of drug-likeness (QED) is 0.638. The number of carbonyl (C=O) groups is 3. The van der Waals surface area contributed by atoms with Gasteiger partial charge in [0.2, 0.25) is 0 Å². The summed E-state index contributed by atoms with van der Waals surface area (Å²) in [7, 11) is 0. The monoisotopic (exact) mass is 409 g/mol. The van der Waals surface area contributed by atoms with Crippen LogP contribution in [-0.2, 0) is 4.79 Å². The largest absolute Gasteiger partial charge is 0.494 e. The molecule has 0 radical (unpaired) electrons. The molecule has 9 heteroatoms. The van der Waals surface area contributed by atoms with Crippen LogP contribution in [0.3, 0.4) is 0 Å². The maximum Gasteiger partial charge on any atom is 0.269 e. The summed E-state index contributed by atoms with van der Waals surface area (Å²) >= 11 is 11.6. The third-order valence-electron chi connectivity index (χ3n) is 3.33. The van der Waals surface area contributed by atoms with Gasteiger partial charge in [-0.3, -0.25) is 25.2 Å². The van der Waals surface area contributed by atoms with Gasteiger partial charge in [0, 0.05) is 11.1 Å². The number of hydrogen-bond acceptors (Lipinski definition) is 4. The van der Waals surface area contributed by atoms with Crippen LogP contribution in [0.25, 0.3) is 0 Å². The molecule has 0 aliphatic carbocycles. The minimum Gasteiger partial charge on any atom is -0.494 e. The molecule has 7 nitrogen and oxygen atoms in total. The van der Waals surface area contributed by atoms with Crippen LogP contribution in [0, 0.1) is 0 Å². The fourth-order valence-corrected chi connectivity index (χ4v) is 2.31. The Morgan fingerprint density at radius 1 is 0.889 bits per heavy atom. The first-order valence-electron chi connectivity index (χ1n) is 7.96. The van der Waals surface area contributed by atoms with Gasteiger partial charge in [-0.15, -0.1) is 0 Å². The lowest BCUT2D eigenvalue weighted by Crippen LogP contribution is -2.46. The van der Waals surface area contributed by atoms with Crippen molar-refractivity contribution in [1.29, 1.82) is 0 Å². The Labute approximate surface area is 166 Å². The molecule has 3 amide bonds. The summed E-state index contributed by atoms with van der Waals surface area (Å²) in [5.41, 5.74) is 5.08. The Morgan fingerprint density at radius 2 is 1.56 bits per heavy atom. The molecule has 2 aromatic rings. The van der Waals surface area contributed by atoms with Crippen molar-refractivity contribution in [2.45, 2.75) is 6.92 Å². The summed E-state index contributed by atoms with van der Waals surface area (Å²) in [6.45, 7) is 2.05. The number of carbonyl (C=O) groups excluding carboxylic acids is 3. The zero-order chi connectivity index (χ0) is 19.8. The van der Waals surface area contributed by atoms with Crippen LogP contribution in [0.4, 0.5) is 0 Å². The highest BCUT2D eigenvalue weighted by Crippen LogP contribution is 2.22. The minimum atomic E-state index is -0.595. The smallest absolute Gasteiger partial charge is 0.269 e. The van der Waals surface area contributed by atoms with Crippen LogP contribution in [0.5, 0.6) is 5.75 Å². The standard InChI is InChI=1S/C18H17Cl2N3O4/c1-2-27-13-6-3-11(4-7-13)18(26)23-22-16(24)10-21-17(25)12-5-8-14(19)15(20)9-12/h3-9H,2,10H2,1H3,(H,21,25)(H,22,24)(H,23,26). The summed E-state index contributed by atoms with van der Waals surface area (Å²) in [6.07, 6.45) is 0. The second-order valence-corrected chi connectivity index (χ2v) is 6.09. The summed E-state index contributed by atoms with van der Waals surface area (Å²) in [5.74, 6) is -0.949. The first-order chi connectivity index (χ1) is 12.9. The molecule has 142 valence electrons. The number of rotatable bonds is 6. The first-order valence-corrected chi connectivity index (χ1v) is 8.71. The van der Waals surface area contributed by atoms with Crippen molar-refractivity contribution in [3.63, 3.8) is 0 Å². The van der Waals surface area contributed by atoms with E-state index >= 15 is 0 Å².